The molecule has 0 bridgehead atoms. The number of carbonyl (C=O) groups excluding carboxylic acids is 5. The molecular weight excluding hydrogens is 498 g/mol. The Morgan fingerprint density at radius 1 is 0.972 bits per heavy atom. The number of primary amides is 1. The Kier molecular flexibility index (Phi) is 13.1. The zero-order chi connectivity index (χ0) is 27.4. The van der Waals surface area contributed by atoms with Gasteiger partial charge < -0.3 is 48.7 Å². The summed E-state index contributed by atoms with van der Waals surface area (Å²) in [4.78, 5) is 74.1. The number of nitrogens with one attached hydrogen (secondary N) is 4. The summed E-state index contributed by atoms with van der Waals surface area (Å²) in [7, 11) is 0. The van der Waals surface area contributed by atoms with E-state index < -0.39 is 84.0 Å². The quantitative estimate of drug-likeness (QED) is 0.134. The number of unbranched alkanes of at least 4 members (excludes halogenated alkanes) is 1. The molecule has 5 amide bonds. The minimum Gasteiger partial charge on any atom is -0.480 e. The second-order valence-corrected chi connectivity index (χ2v) is 9.48. The van der Waals surface area contributed by atoms with E-state index in [0.717, 1.165) is 11.8 Å². The fourth-order valence-electron chi connectivity index (χ4n) is 3.29. The third kappa shape index (κ3) is 9.96. The predicted octanol–water partition coefficient (Wildman–Crippen LogP) is -4.53. The van der Waals surface area contributed by atoms with E-state index in [1.54, 1.807) is 0 Å². The van der Waals surface area contributed by atoms with Crippen molar-refractivity contribution in [2.24, 2.45) is 17.2 Å². The van der Waals surface area contributed by atoms with Gasteiger partial charge in [-0.05, 0) is 26.3 Å². The number of hydrogen-bond acceptors (Lipinski definition) is 10. The van der Waals surface area contributed by atoms with Crippen LogP contribution in [-0.4, -0.2) is 100 Å². The molecule has 1 aliphatic rings. The molecule has 6 unspecified atom stereocenters. The second-order valence-electron chi connectivity index (χ2n) is 8.30. The monoisotopic (exact) mass is 533 g/mol. The van der Waals surface area contributed by atoms with Gasteiger partial charge >= 0.3 is 5.97 Å². The number of hydrogen-bond donors (Lipinski definition) is 9. The SMILES string of the molecule is CC1NC(=O)C(CO)NC(=O)C(N)CSC(C(=O)O)C(CCCCN)NC(=O)C(CC(N)=O)NC1=O. The van der Waals surface area contributed by atoms with Crippen molar-refractivity contribution in [2.75, 3.05) is 18.9 Å². The summed E-state index contributed by atoms with van der Waals surface area (Å²) in [6.45, 7) is 0.816. The summed E-state index contributed by atoms with van der Waals surface area (Å²) >= 11 is 0.798. The molecule has 1 saturated heterocycles. The molecule has 1 aliphatic heterocycles. The number of thioether (sulfide) groups is 1. The first-order valence-electron chi connectivity index (χ1n) is 11.3. The first kappa shape index (κ1) is 31.1. The van der Waals surface area contributed by atoms with Gasteiger partial charge in [-0.15, -0.1) is 11.8 Å². The van der Waals surface area contributed by atoms with Crippen LogP contribution in [0.4, 0.5) is 0 Å². The Morgan fingerprint density at radius 3 is 2.14 bits per heavy atom. The molecule has 6 atom stereocenters. The summed E-state index contributed by atoms with van der Waals surface area (Å²) in [5.74, 6) is -5.82. The van der Waals surface area contributed by atoms with Gasteiger partial charge in [-0.25, -0.2) is 0 Å². The minimum absolute atomic E-state index is 0.191. The predicted molar refractivity (Wildman–Crippen MR) is 129 cm³/mol. The standard InChI is InChI=1S/C20H35N7O8S/c1-9-16(30)26-12(6-14(23)29)18(32)25-11(4-2-3-5-21)15(20(34)35)36-8-10(22)17(31)27-13(7-28)19(33)24-9/h9-13,15,28H,2-8,21-22H2,1H3,(H2,23,29)(H,24,33)(H,25,32)(H,26,30)(H,27,31)(H,34,35). The van der Waals surface area contributed by atoms with Crippen molar-refractivity contribution < 1.29 is 39.0 Å². The second kappa shape index (κ2) is 15.2. The number of aliphatic carboxylic acids is 1. The van der Waals surface area contributed by atoms with Crippen molar-refractivity contribution >= 4 is 47.3 Å². The molecule has 1 heterocycles. The highest BCUT2D eigenvalue weighted by molar-refractivity contribution is 8.00. The van der Waals surface area contributed by atoms with Crippen LogP contribution < -0.4 is 38.5 Å². The number of rotatable bonds is 8. The normalized spacial score (nSPS) is 28.9. The lowest BCUT2D eigenvalue weighted by Crippen LogP contribution is -2.60. The number of carbonyl (C=O) groups is 6. The molecular formula is C20H35N7O8S. The fourth-order valence-corrected chi connectivity index (χ4v) is 4.44. The maximum absolute atomic E-state index is 13.0. The van der Waals surface area contributed by atoms with E-state index in [1.807, 2.05) is 0 Å². The van der Waals surface area contributed by atoms with Gasteiger partial charge in [0.25, 0.3) is 0 Å². The number of carboxylic acids is 1. The molecule has 1 fully saturated rings. The van der Waals surface area contributed by atoms with Crippen LogP contribution in [0.5, 0.6) is 0 Å². The van der Waals surface area contributed by atoms with Gasteiger partial charge in [-0.3, -0.25) is 28.8 Å². The van der Waals surface area contributed by atoms with E-state index in [2.05, 4.69) is 21.3 Å². The van der Waals surface area contributed by atoms with Crippen molar-refractivity contribution in [3.05, 3.63) is 0 Å². The lowest BCUT2D eigenvalue weighted by molar-refractivity contribution is -0.138. The largest absolute Gasteiger partial charge is 0.480 e. The lowest BCUT2D eigenvalue weighted by Gasteiger charge is -2.29. The highest BCUT2D eigenvalue weighted by Gasteiger charge is 2.35. The molecule has 0 aromatic carbocycles. The van der Waals surface area contributed by atoms with Crippen LogP contribution in [0.2, 0.25) is 0 Å². The molecule has 0 aromatic rings. The average molecular weight is 534 g/mol. The first-order valence-corrected chi connectivity index (χ1v) is 12.4. The molecule has 0 aliphatic carbocycles. The number of aliphatic hydroxyl groups is 1. The van der Waals surface area contributed by atoms with E-state index in [4.69, 9.17) is 17.2 Å². The topological polar surface area (TPSA) is 269 Å². The smallest absolute Gasteiger partial charge is 0.318 e. The Balaban J connectivity index is 3.36. The summed E-state index contributed by atoms with van der Waals surface area (Å²) in [6.07, 6.45) is 0.627. The zero-order valence-corrected chi connectivity index (χ0v) is 20.7. The molecule has 1 rings (SSSR count). The molecule has 16 heteroatoms. The van der Waals surface area contributed by atoms with Crippen LogP contribution in [0.15, 0.2) is 0 Å². The van der Waals surface area contributed by atoms with E-state index in [1.165, 1.54) is 6.92 Å². The van der Waals surface area contributed by atoms with Crippen molar-refractivity contribution in [2.45, 2.75) is 68.1 Å². The van der Waals surface area contributed by atoms with E-state index >= 15 is 0 Å². The Labute approximate surface area is 212 Å². The van der Waals surface area contributed by atoms with Crippen LogP contribution in [0.3, 0.4) is 0 Å². The highest BCUT2D eigenvalue weighted by Crippen LogP contribution is 2.21. The van der Waals surface area contributed by atoms with Gasteiger partial charge in [0.05, 0.1) is 25.1 Å². The van der Waals surface area contributed by atoms with Crippen molar-refractivity contribution in [1.82, 2.24) is 21.3 Å². The summed E-state index contributed by atoms with van der Waals surface area (Å²) in [6, 6.07) is -6.36. The van der Waals surface area contributed by atoms with Gasteiger partial charge in [-0.1, -0.05) is 6.42 Å². The maximum Gasteiger partial charge on any atom is 0.318 e. The average Bonchev–Trinajstić information content (AvgIpc) is 2.80. The maximum atomic E-state index is 13.0. The van der Waals surface area contributed by atoms with E-state index in [-0.39, 0.29) is 12.2 Å². The Bertz CT molecular complexity index is 830. The van der Waals surface area contributed by atoms with E-state index in [0.29, 0.717) is 19.4 Å². The third-order valence-corrected chi connectivity index (χ3v) is 6.74. The molecule has 36 heavy (non-hydrogen) atoms. The van der Waals surface area contributed by atoms with Crippen LogP contribution in [0, 0.1) is 0 Å². The van der Waals surface area contributed by atoms with Crippen LogP contribution in [0.1, 0.15) is 32.6 Å². The number of carboxylic acid groups (broad SMARTS) is 1. The molecule has 0 saturated carbocycles. The molecule has 0 aromatic heterocycles. The van der Waals surface area contributed by atoms with Crippen molar-refractivity contribution in [1.29, 1.82) is 0 Å². The van der Waals surface area contributed by atoms with Gasteiger partial charge in [-0.2, -0.15) is 0 Å². The Hall–Kier alpha value is -2.95. The molecule has 0 spiro atoms. The number of nitrogens with two attached hydrogens (primary N) is 3. The summed E-state index contributed by atoms with van der Waals surface area (Å²) in [5.41, 5.74) is 16.6. The van der Waals surface area contributed by atoms with Gasteiger partial charge in [0.15, 0.2) is 0 Å². The van der Waals surface area contributed by atoms with E-state index in [9.17, 15) is 39.0 Å². The first-order chi connectivity index (χ1) is 16.9. The minimum atomic E-state index is -1.45. The van der Waals surface area contributed by atoms with Gasteiger partial charge in [0, 0.05) is 5.75 Å². The third-order valence-electron chi connectivity index (χ3n) is 5.30. The van der Waals surface area contributed by atoms with Crippen molar-refractivity contribution in [3.63, 3.8) is 0 Å². The highest BCUT2D eigenvalue weighted by atomic mass is 32.2. The molecule has 12 N–H and O–H groups in total. The van der Waals surface area contributed by atoms with Crippen LogP contribution in [0.25, 0.3) is 0 Å². The van der Waals surface area contributed by atoms with Crippen LogP contribution in [-0.2, 0) is 28.8 Å². The van der Waals surface area contributed by atoms with Crippen molar-refractivity contribution in [3.8, 4) is 0 Å². The van der Waals surface area contributed by atoms with Crippen LogP contribution >= 0.6 is 11.8 Å². The summed E-state index contributed by atoms with van der Waals surface area (Å²) in [5, 5.41) is 27.5. The molecule has 15 nitrogen and oxygen atoms in total. The fraction of sp³-hybridized carbons (Fsp3) is 0.700. The van der Waals surface area contributed by atoms with Gasteiger partial charge in [0.2, 0.25) is 29.5 Å². The lowest BCUT2D eigenvalue weighted by atomic mass is 10.0. The molecule has 0 radical (unpaired) electrons. The number of amides is 5. The molecule has 204 valence electrons. The zero-order valence-electron chi connectivity index (χ0n) is 19.9. The van der Waals surface area contributed by atoms with Gasteiger partial charge in [0.1, 0.15) is 23.4 Å². The Morgan fingerprint density at radius 2 is 1.58 bits per heavy atom. The summed E-state index contributed by atoms with van der Waals surface area (Å²) < 4.78 is 0. The number of aliphatic hydroxyl groups excluding tert-OH is 1.